The summed E-state index contributed by atoms with van der Waals surface area (Å²) in [7, 11) is 0. The Kier molecular flexibility index (Phi) is 6.48. The van der Waals surface area contributed by atoms with Crippen LogP contribution in [0.15, 0.2) is 48.7 Å². The van der Waals surface area contributed by atoms with E-state index in [1.807, 2.05) is 36.9 Å². The number of nitrogens with one attached hydrogen (secondary N) is 1. The molecule has 0 spiro atoms. The Hall–Kier alpha value is -3.56. The minimum Gasteiger partial charge on any atom is -0.380 e. The molecule has 0 saturated carbocycles. The second-order valence-electron chi connectivity index (χ2n) is 10.0. The van der Waals surface area contributed by atoms with Crippen LogP contribution in [0.1, 0.15) is 30.2 Å². The molecular formula is C28H34N8O. The highest BCUT2D eigenvalue weighted by atomic mass is 16.5. The molecule has 192 valence electrons. The van der Waals surface area contributed by atoms with Gasteiger partial charge < -0.3 is 15.0 Å². The van der Waals surface area contributed by atoms with Gasteiger partial charge in [-0.3, -0.25) is 9.58 Å². The highest BCUT2D eigenvalue weighted by Gasteiger charge is 2.44. The molecule has 2 atom stereocenters. The van der Waals surface area contributed by atoms with Crippen molar-refractivity contribution in [2.45, 2.75) is 52.4 Å². The van der Waals surface area contributed by atoms with Gasteiger partial charge in [-0.2, -0.15) is 10.1 Å². The molecule has 6 rings (SSSR count). The summed E-state index contributed by atoms with van der Waals surface area (Å²) >= 11 is 0. The van der Waals surface area contributed by atoms with Gasteiger partial charge in [0.05, 0.1) is 18.8 Å². The topological polar surface area (TPSA) is 84.2 Å². The maximum atomic E-state index is 5.61. The Balaban J connectivity index is 1.31. The summed E-state index contributed by atoms with van der Waals surface area (Å²) in [6.07, 6.45) is 2.96. The van der Waals surface area contributed by atoms with E-state index < -0.39 is 0 Å². The third-order valence-electron chi connectivity index (χ3n) is 7.40. The molecule has 0 amide bonds. The first-order valence-electron chi connectivity index (χ1n) is 13.2. The summed E-state index contributed by atoms with van der Waals surface area (Å²) in [6, 6.07) is 15.7. The summed E-state index contributed by atoms with van der Waals surface area (Å²) in [6.45, 7) is 10.9. The van der Waals surface area contributed by atoms with Gasteiger partial charge in [0.1, 0.15) is 16.9 Å². The normalized spacial score (nSPS) is 19.3. The Bertz CT molecular complexity index is 1390. The number of anilines is 3. The van der Waals surface area contributed by atoms with Gasteiger partial charge in [0.15, 0.2) is 5.82 Å². The van der Waals surface area contributed by atoms with E-state index in [4.69, 9.17) is 19.8 Å². The van der Waals surface area contributed by atoms with Crippen LogP contribution in [-0.2, 0) is 17.8 Å². The quantitative estimate of drug-likeness (QED) is 0.346. The molecule has 0 radical (unpaired) electrons. The summed E-state index contributed by atoms with van der Waals surface area (Å²) in [5, 5.41) is 8.28. The summed E-state index contributed by atoms with van der Waals surface area (Å²) < 4.78 is 7.57. The second-order valence-corrected chi connectivity index (χ2v) is 10.0. The van der Waals surface area contributed by atoms with Gasteiger partial charge in [-0.05, 0) is 50.5 Å². The molecule has 2 saturated heterocycles. The molecule has 5 heterocycles. The highest BCUT2D eigenvalue weighted by Crippen LogP contribution is 2.36. The predicted octanol–water partition coefficient (Wildman–Crippen LogP) is 4.08. The van der Waals surface area contributed by atoms with E-state index in [0.29, 0.717) is 31.8 Å². The molecule has 2 aliphatic rings. The lowest BCUT2D eigenvalue weighted by Crippen LogP contribution is -2.46. The van der Waals surface area contributed by atoms with E-state index >= 15 is 0 Å². The fourth-order valence-corrected chi connectivity index (χ4v) is 5.62. The van der Waals surface area contributed by atoms with Crippen LogP contribution in [0, 0.1) is 13.8 Å². The molecule has 4 aromatic rings. The number of aryl methyl sites for hydroxylation is 2. The van der Waals surface area contributed by atoms with Gasteiger partial charge in [0.25, 0.3) is 0 Å². The van der Waals surface area contributed by atoms with Gasteiger partial charge in [-0.15, -0.1) is 0 Å². The van der Waals surface area contributed by atoms with Crippen LogP contribution in [-0.4, -0.2) is 68.0 Å². The molecule has 9 nitrogen and oxygen atoms in total. The molecule has 37 heavy (non-hydrogen) atoms. The highest BCUT2D eigenvalue weighted by molar-refractivity contribution is 5.90. The molecule has 2 fully saturated rings. The summed E-state index contributed by atoms with van der Waals surface area (Å²) in [5.74, 6) is 2.26. The van der Waals surface area contributed by atoms with Gasteiger partial charge in [-0.25, -0.2) is 9.97 Å². The van der Waals surface area contributed by atoms with E-state index in [2.05, 4.69) is 57.4 Å². The van der Waals surface area contributed by atoms with Crippen LogP contribution < -0.4 is 10.2 Å². The number of piperazine rings is 1. The van der Waals surface area contributed by atoms with Crippen molar-refractivity contribution in [3.8, 4) is 0 Å². The van der Waals surface area contributed by atoms with E-state index in [-0.39, 0.29) is 0 Å². The summed E-state index contributed by atoms with van der Waals surface area (Å²) in [5.41, 5.74) is 5.16. The van der Waals surface area contributed by atoms with Crippen molar-refractivity contribution in [3.63, 3.8) is 0 Å². The smallest absolute Gasteiger partial charge is 0.228 e. The lowest BCUT2D eigenvalue weighted by molar-refractivity contribution is 0.137. The van der Waals surface area contributed by atoms with Crippen LogP contribution in [0.2, 0.25) is 0 Å². The molecule has 1 aromatic carbocycles. The maximum Gasteiger partial charge on any atom is 0.228 e. The first-order chi connectivity index (χ1) is 18.1. The van der Waals surface area contributed by atoms with Crippen molar-refractivity contribution in [2.24, 2.45) is 0 Å². The van der Waals surface area contributed by atoms with Crippen LogP contribution >= 0.6 is 0 Å². The Labute approximate surface area is 217 Å². The van der Waals surface area contributed by atoms with Crippen LogP contribution in [0.25, 0.3) is 11.0 Å². The van der Waals surface area contributed by atoms with Crippen molar-refractivity contribution < 1.29 is 4.74 Å². The number of fused-ring (bicyclic) bond motifs is 3. The largest absolute Gasteiger partial charge is 0.380 e. The lowest BCUT2D eigenvalue weighted by atomic mass is 10.2. The molecule has 9 heteroatoms. The van der Waals surface area contributed by atoms with Gasteiger partial charge in [0, 0.05) is 44.5 Å². The van der Waals surface area contributed by atoms with E-state index in [1.165, 1.54) is 5.56 Å². The maximum absolute atomic E-state index is 5.61. The molecule has 2 aliphatic heterocycles. The molecule has 0 aliphatic carbocycles. The number of hydrogen-bond donors (Lipinski definition) is 1. The molecule has 0 unspecified atom stereocenters. The first-order valence-corrected chi connectivity index (χ1v) is 13.2. The van der Waals surface area contributed by atoms with Crippen LogP contribution in [0.3, 0.4) is 0 Å². The predicted molar refractivity (Wildman–Crippen MR) is 145 cm³/mol. The fourth-order valence-electron chi connectivity index (χ4n) is 5.62. The molecule has 3 aromatic heterocycles. The third kappa shape index (κ3) is 4.76. The Morgan fingerprint density at radius 2 is 1.92 bits per heavy atom. The zero-order chi connectivity index (χ0) is 25.4. The number of ether oxygens (including phenoxy) is 1. The number of rotatable bonds is 9. The monoisotopic (exact) mass is 498 g/mol. The van der Waals surface area contributed by atoms with E-state index in [0.717, 1.165) is 65.9 Å². The summed E-state index contributed by atoms with van der Waals surface area (Å²) in [4.78, 5) is 19.7. The zero-order valence-corrected chi connectivity index (χ0v) is 21.8. The molecular weight excluding hydrogens is 464 g/mol. The standard InChI is InChI=1S/C28H34N8O/c1-4-37-13-12-36-26-25(20(3)33-36)31-28(32-27(26)30-24-14-19(2)10-11-29-24)35-18-22-15-23(35)17-34(22)16-21-8-6-5-7-9-21/h5-11,14,22-23H,4,12-13,15-18H2,1-3H3,(H,29,30,31,32)/t22-,23-/m0/s1. The number of hydrogen-bond acceptors (Lipinski definition) is 8. The lowest BCUT2D eigenvalue weighted by Gasteiger charge is -2.34. The molecule has 2 bridgehead atoms. The number of aromatic nitrogens is 5. The van der Waals surface area contributed by atoms with Crippen molar-refractivity contribution in [2.75, 3.05) is 36.5 Å². The third-order valence-corrected chi connectivity index (χ3v) is 7.40. The Morgan fingerprint density at radius 3 is 2.68 bits per heavy atom. The fraction of sp³-hybridized carbons (Fsp3) is 0.429. The van der Waals surface area contributed by atoms with E-state index in [9.17, 15) is 0 Å². The molecule has 1 N–H and O–H groups in total. The first kappa shape index (κ1) is 23.8. The zero-order valence-electron chi connectivity index (χ0n) is 21.8. The van der Waals surface area contributed by atoms with Gasteiger partial charge in [0.2, 0.25) is 5.95 Å². The number of pyridine rings is 1. The van der Waals surface area contributed by atoms with Crippen molar-refractivity contribution in [1.29, 1.82) is 0 Å². The van der Waals surface area contributed by atoms with Crippen LogP contribution in [0.5, 0.6) is 0 Å². The Morgan fingerprint density at radius 1 is 1.05 bits per heavy atom. The average molecular weight is 499 g/mol. The van der Waals surface area contributed by atoms with Gasteiger partial charge >= 0.3 is 0 Å². The van der Waals surface area contributed by atoms with Crippen molar-refractivity contribution in [1.82, 2.24) is 29.6 Å². The van der Waals surface area contributed by atoms with Crippen molar-refractivity contribution in [3.05, 3.63) is 65.5 Å². The van der Waals surface area contributed by atoms with Gasteiger partial charge in [-0.1, -0.05) is 30.3 Å². The van der Waals surface area contributed by atoms with Crippen LogP contribution in [0.4, 0.5) is 17.6 Å². The number of nitrogens with zero attached hydrogens (tertiary/aromatic N) is 7. The van der Waals surface area contributed by atoms with Crippen molar-refractivity contribution >= 4 is 28.6 Å². The second kappa shape index (κ2) is 10.1. The van der Waals surface area contributed by atoms with E-state index in [1.54, 1.807) is 0 Å². The number of likely N-dealkylation sites (tertiary alicyclic amines) is 1. The SMILES string of the molecule is CCOCCn1nc(C)c2nc(N3C[C@@H]4C[C@H]3CN4Cc3ccccc3)nc(Nc3cc(C)ccn3)c21. The minimum absolute atomic E-state index is 0.407. The number of benzene rings is 1. The average Bonchev–Trinajstić information content (AvgIpc) is 3.58. The minimum atomic E-state index is 0.407.